The molecule has 10 nitrogen and oxygen atoms in total. The Morgan fingerprint density at radius 1 is 1.15 bits per heavy atom. The van der Waals surface area contributed by atoms with Crippen LogP contribution in [0.25, 0.3) is 0 Å². The van der Waals surface area contributed by atoms with Gasteiger partial charge in [0, 0.05) is 24.4 Å². The molecular weight excluding hydrogens is 334 g/mol. The molecule has 0 spiro atoms. The highest BCUT2D eigenvalue weighted by Crippen LogP contribution is 2.32. The number of ether oxygens (including phenoxy) is 1. The average Bonchev–Trinajstić information content (AvgIpc) is 3.12. The lowest BCUT2D eigenvalue weighted by Gasteiger charge is -2.14. The number of hydrazine groups is 2. The highest BCUT2D eigenvalue weighted by molar-refractivity contribution is 5.58. The molecule has 0 bridgehead atoms. The van der Waals surface area contributed by atoms with Crippen LogP contribution in [0.5, 0.6) is 5.75 Å². The van der Waals surface area contributed by atoms with E-state index in [0.717, 1.165) is 11.6 Å². The van der Waals surface area contributed by atoms with E-state index in [2.05, 4.69) is 26.1 Å². The maximum atomic E-state index is 5.40. The number of benzene rings is 1. The highest BCUT2D eigenvalue weighted by atomic mass is 16.5. The first-order valence-corrected chi connectivity index (χ1v) is 7.98. The molecular formula is C16H22N9O+. The quantitative estimate of drug-likeness (QED) is 0.659. The second kappa shape index (κ2) is 7.31. The van der Waals surface area contributed by atoms with Crippen LogP contribution in [0, 0.1) is 0 Å². The van der Waals surface area contributed by atoms with E-state index in [0.29, 0.717) is 17.1 Å². The molecule has 1 aromatic carbocycles. The zero-order valence-electron chi connectivity index (χ0n) is 15.5. The third-order valence-electron chi connectivity index (χ3n) is 3.77. The standard InChI is InChI=1S/C16H22N9O/c1-12-11-24(4)21-25(12)20-18-14-7-6-13(10-15(14)26-5)17-19-16-22(2)8-9-23(16)3/h6-11H,1-5H3,(H,20,21)/q+1. The molecule has 0 radical (unpaired) electrons. The van der Waals surface area contributed by atoms with Crippen molar-refractivity contribution in [3.8, 4) is 5.75 Å². The molecule has 0 aliphatic carbocycles. The van der Waals surface area contributed by atoms with Crippen molar-refractivity contribution < 1.29 is 9.30 Å². The van der Waals surface area contributed by atoms with Crippen molar-refractivity contribution in [3.63, 3.8) is 0 Å². The summed E-state index contributed by atoms with van der Waals surface area (Å²) in [6, 6.07) is 5.38. The lowest BCUT2D eigenvalue weighted by atomic mass is 10.2. The number of aromatic nitrogens is 2. The Balaban J connectivity index is 1.79. The molecule has 136 valence electrons. The molecule has 3 rings (SSSR count). The molecule has 2 heterocycles. The minimum absolute atomic E-state index is 0.565. The van der Waals surface area contributed by atoms with E-state index in [1.54, 1.807) is 29.4 Å². The third-order valence-corrected chi connectivity index (χ3v) is 3.77. The molecule has 0 atom stereocenters. The molecule has 0 saturated carbocycles. The van der Waals surface area contributed by atoms with Crippen LogP contribution in [0.3, 0.4) is 0 Å². The minimum Gasteiger partial charge on any atom is -0.494 e. The Bertz CT molecular complexity index is 864. The molecule has 0 saturated heterocycles. The second-order valence-corrected chi connectivity index (χ2v) is 5.86. The van der Waals surface area contributed by atoms with Gasteiger partial charge in [0.1, 0.15) is 17.1 Å². The number of azo groups is 1. The zero-order valence-corrected chi connectivity index (χ0v) is 15.5. The number of nitrogens with zero attached hydrogens (tertiary/aromatic N) is 8. The summed E-state index contributed by atoms with van der Waals surface area (Å²) in [6.07, 6.45) is 5.74. The van der Waals surface area contributed by atoms with Crippen LogP contribution in [-0.4, -0.2) is 28.9 Å². The Morgan fingerprint density at radius 3 is 2.58 bits per heavy atom. The molecule has 1 aliphatic heterocycles. The number of aryl methyl sites for hydroxylation is 2. The lowest BCUT2D eigenvalue weighted by molar-refractivity contribution is -0.657. The van der Waals surface area contributed by atoms with Crippen molar-refractivity contribution in [1.29, 1.82) is 0 Å². The summed E-state index contributed by atoms with van der Waals surface area (Å²) in [6.45, 7) is 1.93. The normalized spacial score (nSPS) is 14.7. The highest BCUT2D eigenvalue weighted by Gasteiger charge is 2.14. The van der Waals surface area contributed by atoms with Crippen LogP contribution in [0.1, 0.15) is 6.92 Å². The van der Waals surface area contributed by atoms with Crippen LogP contribution in [0.4, 0.5) is 17.3 Å². The minimum atomic E-state index is 0.565. The number of rotatable bonds is 5. The summed E-state index contributed by atoms with van der Waals surface area (Å²) in [5, 5.41) is 20.3. The van der Waals surface area contributed by atoms with E-state index in [-0.39, 0.29) is 0 Å². The van der Waals surface area contributed by atoms with Gasteiger partial charge in [-0.1, -0.05) is 5.11 Å². The smallest absolute Gasteiger partial charge is 0.421 e. The fourth-order valence-electron chi connectivity index (χ4n) is 2.41. The van der Waals surface area contributed by atoms with E-state index in [1.807, 2.05) is 61.9 Å². The maximum Gasteiger partial charge on any atom is 0.421 e. The van der Waals surface area contributed by atoms with Gasteiger partial charge < -0.3 is 4.74 Å². The number of hydrogen-bond donors (Lipinski definition) is 1. The molecule has 0 fully saturated rings. The Kier molecular flexibility index (Phi) is 4.94. The number of methoxy groups -OCH3 is 1. The van der Waals surface area contributed by atoms with Gasteiger partial charge >= 0.3 is 5.95 Å². The summed E-state index contributed by atoms with van der Waals surface area (Å²) >= 11 is 0. The summed E-state index contributed by atoms with van der Waals surface area (Å²) < 4.78 is 9.18. The van der Waals surface area contributed by atoms with E-state index in [4.69, 9.17) is 4.74 Å². The van der Waals surface area contributed by atoms with Gasteiger partial charge in [-0.3, -0.25) is 5.01 Å². The Labute approximate surface area is 151 Å². The fraction of sp³-hybridized carbons (Fsp3) is 0.312. The van der Waals surface area contributed by atoms with Crippen molar-refractivity contribution in [1.82, 2.24) is 20.2 Å². The third kappa shape index (κ3) is 3.70. The van der Waals surface area contributed by atoms with Crippen molar-refractivity contribution in [3.05, 3.63) is 42.5 Å². The number of allylic oxidation sites excluding steroid dienone is 1. The molecule has 1 N–H and O–H groups in total. The molecule has 1 aromatic heterocycles. The van der Waals surface area contributed by atoms with Crippen LogP contribution in [-0.2, 0) is 14.1 Å². The van der Waals surface area contributed by atoms with E-state index >= 15 is 0 Å². The van der Waals surface area contributed by atoms with Gasteiger partial charge in [-0.2, -0.15) is 5.12 Å². The van der Waals surface area contributed by atoms with Gasteiger partial charge in [-0.15, -0.1) is 10.6 Å². The lowest BCUT2D eigenvalue weighted by Crippen LogP contribution is -2.34. The summed E-state index contributed by atoms with van der Waals surface area (Å²) in [4.78, 5) is 0. The average molecular weight is 356 g/mol. The monoisotopic (exact) mass is 356 g/mol. The second-order valence-electron chi connectivity index (χ2n) is 5.86. The molecule has 26 heavy (non-hydrogen) atoms. The molecule has 1 aliphatic rings. The van der Waals surface area contributed by atoms with E-state index in [1.165, 1.54) is 0 Å². The van der Waals surface area contributed by atoms with Gasteiger partial charge in [0.25, 0.3) is 0 Å². The van der Waals surface area contributed by atoms with E-state index < -0.39 is 0 Å². The molecule has 0 unspecified atom stereocenters. The Morgan fingerprint density at radius 2 is 1.96 bits per heavy atom. The zero-order chi connectivity index (χ0) is 18.7. The fourth-order valence-corrected chi connectivity index (χ4v) is 2.41. The first-order chi connectivity index (χ1) is 12.5. The topological polar surface area (TPSA) is 86.0 Å². The van der Waals surface area contributed by atoms with Crippen molar-refractivity contribution in [2.75, 3.05) is 14.2 Å². The SMILES string of the molecule is COc1cc(N=Nc2n(C)cc[n+]2C)ccc1N=NN1NN(C)C=C1C. The van der Waals surface area contributed by atoms with Crippen LogP contribution >= 0.6 is 0 Å². The largest absolute Gasteiger partial charge is 0.494 e. The van der Waals surface area contributed by atoms with Crippen molar-refractivity contribution in [2.45, 2.75) is 6.92 Å². The van der Waals surface area contributed by atoms with Gasteiger partial charge in [0.05, 0.1) is 39.3 Å². The first kappa shape index (κ1) is 17.5. The predicted molar refractivity (Wildman–Crippen MR) is 94.8 cm³/mol. The van der Waals surface area contributed by atoms with Gasteiger partial charge in [0.2, 0.25) is 0 Å². The molecule has 0 amide bonds. The van der Waals surface area contributed by atoms with Gasteiger partial charge in [0.15, 0.2) is 0 Å². The molecule has 10 heteroatoms. The number of nitrogens with one attached hydrogen (secondary N) is 1. The van der Waals surface area contributed by atoms with Crippen LogP contribution < -0.4 is 14.8 Å². The van der Waals surface area contributed by atoms with Crippen LogP contribution in [0.15, 0.2) is 63.1 Å². The van der Waals surface area contributed by atoms with Gasteiger partial charge in [-0.25, -0.2) is 9.13 Å². The number of hydrogen-bond acceptors (Lipinski definition) is 7. The summed E-state index contributed by atoms with van der Waals surface area (Å²) in [7, 11) is 7.29. The van der Waals surface area contributed by atoms with Crippen molar-refractivity contribution in [2.24, 2.45) is 34.7 Å². The Hall–Kier alpha value is -3.27. The maximum absolute atomic E-state index is 5.40. The summed E-state index contributed by atoms with van der Waals surface area (Å²) in [5.41, 5.74) is 5.19. The molecule has 2 aromatic rings. The van der Waals surface area contributed by atoms with E-state index in [9.17, 15) is 0 Å². The summed E-state index contributed by atoms with van der Waals surface area (Å²) in [5.74, 6) is 1.30. The predicted octanol–water partition coefficient (Wildman–Crippen LogP) is 2.80. The van der Waals surface area contributed by atoms with Crippen LogP contribution in [0.2, 0.25) is 0 Å². The number of imidazole rings is 1. The van der Waals surface area contributed by atoms with Gasteiger partial charge in [-0.05, 0) is 24.3 Å². The first-order valence-electron chi connectivity index (χ1n) is 7.98. The van der Waals surface area contributed by atoms with Crippen molar-refractivity contribution >= 4 is 17.3 Å².